The third-order valence-electron chi connectivity index (χ3n) is 1.83. The summed E-state index contributed by atoms with van der Waals surface area (Å²) in [6.07, 6.45) is 3.67. The molecule has 0 aromatic carbocycles. The maximum atomic E-state index is 11.0. The predicted molar refractivity (Wildman–Crippen MR) is 62.4 cm³/mol. The summed E-state index contributed by atoms with van der Waals surface area (Å²) >= 11 is 0. The van der Waals surface area contributed by atoms with E-state index in [1.807, 2.05) is 0 Å². The van der Waals surface area contributed by atoms with Crippen molar-refractivity contribution >= 4 is 11.8 Å². The van der Waals surface area contributed by atoms with Gasteiger partial charge < -0.3 is 14.6 Å². The largest absolute Gasteiger partial charge is 0.490 e. The maximum Gasteiger partial charge on any atom is 0.341 e. The van der Waals surface area contributed by atoms with Crippen molar-refractivity contribution in [3.8, 4) is 0 Å². The van der Waals surface area contributed by atoms with Gasteiger partial charge in [-0.25, -0.2) is 4.79 Å². The standard InChI is InChI=1S/C12H18O5/c1-4-11(13)7-16-9(2)5-6-10(3)17-8-12(14)15/h5-6H,4,7-8H2,1-3H3,(H,14,15)/b9-5+,10-6+. The molecule has 5 nitrogen and oxygen atoms in total. The number of carboxylic acid groups (broad SMARTS) is 1. The molecule has 0 saturated carbocycles. The summed E-state index contributed by atoms with van der Waals surface area (Å²) in [6, 6.07) is 0. The van der Waals surface area contributed by atoms with Crippen LogP contribution in [-0.4, -0.2) is 30.1 Å². The minimum atomic E-state index is -1.02. The molecule has 17 heavy (non-hydrogen) atoms. The van der Waals surface area contributed by atoms with Gasteiger partial charge in [-0.3, -0.25) is 4.79 Å². The number of ether oxygens (including phenoxy) is 2. The van der Waals surface area contributed by atoms with E-state index in [0.29, 0.717) is 17.9 Å². The lowest BCUT2D eigenvalue weighted by atomic mass is 10.3. The Morgan fingerprint density at radius 3 is 1.94 bits per heavy atom. The zero-order chi connectivity index (χ0) is 13.3. The van der Waals surface area contributed by atoms with Crippen molar-refractivity contribution in [3.05, 3.63) is 23.7 Å². The molecule has 0 radical (unpaired) electrons. The van der Waals surface area contributed by atoms with Crippen LogP contribution in [0.25, 0.3) is 0 Å². The molecular weight excluding hydrogens is 224 g/mol. The topological polar surface area (TPSA) is 72.8 Å². The zero-order valence-corrected chi connectivity index (χ0v) is 10.4. The molecule has 5 heteroatoms. The number of Topliss-reactive ketones (excluding diaryl/α,β-unsaturated/α-hetero) is 1. The van der Waals surface area contributed by atoms with Gasteiger partial charge in [0.15, 0.2) is 12.4 Å². The van der Waals surface area contributed by atoms with Crippen LogP contribution in [0, 0.1) is 0 Å². The molecule has 0 atom stereocenters. The Morgan fingerprint density at radius 2 is 1.53 bits per heavy atom. The van der Waals surface area contributed by atoms with Gasteiger partial charge >= 0.3 is 5.97 Å². The number of carbonyl (C=O) groups excluding carboxylic acids is 1. The minimum Gasteiger partial charge on any atom is -0.490 e. The molecule has 0 bridgehead atoms. The highest BCUT2D eigenvalue weighted by molar-refractivity contribution is 5.79. The molecule has 0 heterocycles. The quantitative estimate of drug-likeness (QED) is 0.519. The third kappa shape index (κ3) is 9.17. The van der Waals surface area contributed by atoms with Crippen molar-refractivity contribution in [3.63, 3.8) is 0 Å². The van der Waals surface area contributed by atoms with Gasteiger partial charge in [-0.2, -0.15) is 0 Å². The SMILES string of the molecule is CCC(=O)CO/C(C)=C/C=C(\C)OCC(=O)O. The molecule has 0 aromatic rings. The molecule has 0 amide bonds. The van der Waals surface area contributed by atoms with Crippen LogP contribution >= 0.6 is 0 Å². The lowest BCUT2D eigenvalue weighted by Gasteiger charge is -2.04. The van der Waals surface area contributed by atoms with Crippen molar-refractivity contribution in [2.24, 2.45) is 0 Å². The summed E-state index contributed by atoms with van der Waals surface area (Å²) < 4.78 is 10.1. The van der Waals surface area contributed by atoms with Crippen LogP contribution < -0.4 is 0 Å². The normalized spacial score (nSPS) is 12.2. The van der Waals surface area contributed by atoms with E-state index in [9.17, 15) is 9.59 Å². The Hall–Kier alpha value is -1.78. The molecule has 96 valence electrons. The molecule has 1 N–H and O–H groups in total. The monoisotopic (exact) mass is 242 g/mol. The van der Waals surface area contributed by atoms with Gasteiger partial charge in [-0.1, -0.05) is 6.92 Å². The van der Waals surface area contributed by atoms with Crippen LogP contribution in [0.2, 0.25) is 0 Å². The molecular formula is C12H18O5. The fourth-order valence-electron chi connectivity index (χ4n) is 0.803. The number of aliphatic carboxylic acids is 1. The Balaban J connectivity index is 4.06. The smallest absolute Gasteiger partial charge is 0.341 e. The van der Waals surface area contributed by atoms with Crippen LogP contribution in [0.1, 0.15) is 27.2 Å². The number of carboxylic acids is 1. The van der Waals surface area contributed by atoms with Gasteiger partial charge in [0.25, 0.3) is 0 Å². The number of ketones is 1. The van der Waals surface area contributed by atoms with Crippen LogP contribution in [0.4, 0.5) is 0 Å². The fourth-order valence-corrected chi connectivity index (χ4v) is 0.803. The molecule has 0 fully saturated rings. The van der Waals surface area contributed by atoms with Gasteiger partial charge in [0.2, 0.25) is 0 Å². The van der Waals surface area contributed by atoms with E-state index in [-0.39, 0.29) is 19.0 Å². The molecule has 0 rings (SSSR count). The van der Waals surface area contributed by atoms with Crippen LogP contribution in [-0.2, 0) is 19.1 Å². The molecule has 0 aliphatic carbocycles. The Bertz CT molecular complexity index is 328. The molecule has 0 aromatic heterocycles. The number of hydrogen-bond donors (Lipinski definition) is 1. The van der Waals surface area contributed by atoms with Crippen molar-refractivity contribution in [2.75, 3.05) is 13.2 Å². The summed E-state index contributed by atoms with van der Waals surface area (Å²) in [7, 11) is 0. The summed E-state index contributed by atoms with van der Waals surface area (Å²) in [5.74, 6) is 0.0473. The van der Waals surface area contributed by atoms with Gasteiger partial charge in [-0.15, -0.1) is 0 Å². The van der Waals surface area contributed by atoms with Gasteiger partial charge in [0.1, 0.15) is 6.61 Å². The third-order valence-corrected chi connectivity index (χ3v) is 1.83. The molecule has 0 aliphatic rings. The molecule has 0 aliphatic heterocycles. The van der Waals surface area contributed by atoms with Gasteiger partial charge in [-0.05, 0) is 26.0 Å². The Labute approximate surface area is 101 Å². The molecule has 0 unspecified atom stereocenters. The highest BCUT2D eigenvalue weighted by Gasteiger charge is 1.99. The van der Waals surface area contributed by atoms with E-state index in [0.717, 1.165) is 0 Å². The van der Waals surface area contributed by atoms with Crippen LogP contribution in [0.15, 0.2) is 23.7 Å². The zero-order valence-electron chi connectivity index (χ0n) is 10.4. The lowest BCUT2D eigenvalue weighted by molar-refractivity contribution is -0.140. The van der Waals surface area contributed by atoms with Crippen molar-refractivity contribution in [2.45, 2.75) is 27.2 Å². The van der Waals surface area contributed by atoms with Gasteiger partial charge in [0.05, 0.1) is 11.5 Å². The predicted octanol–water partition coefficient (Wildman–Crippen LogP) is 1.89. The summed E-state index contributed by atoms with van der Waals surface area (Å²) in [5, 5.41) is 8.38. The highest BCUT2D eigenvalue weighted by atomic mass is 16.5. The van der Waals surface area contributed by atoms with Crippen molar-refractivity contribution < 1.29 is 24.2 Å². The number of allylic oxidation sites excluding steroid dienone is 4. The second-order valence-corrected chi connectivity index (χ2v) is 3.42. The van der Waals surface area contributed by atoms with E-state index in [2.05, 4.69) is 0 Å². The summed E-state index contributed by atoms with van der Waals surface area (Å²) in [5.41, 5.74) is 0. The molecule has 0 saturated heterocycles. The van der Waals surface area contributed by atoms with Crippen molar-refractivity contribution in [1.29, 1.82) is 0 Å². The first kappa shape index (κ1) is 15.2. The summed E-state index contributed by atoms with van der Waals surface area (Å²) in [4.78, 5) is 21.2. The molecule has 0 spiro atoms. The average Bonchev–Trinajstić information content (AvgIpc) is 2.30. The van der Waals surface area contributed by atoms with E-state index in [1.54, 1.807) is 32.9 Å². The van der Waals surface area contributed by atoms with E-state index >= 15 is 0 Å². The maximum absolute atomic E-state index is 11.0. The van der Waals surface area contributed by atoms with Crippen LogP contribution in [0.5, 0.6) is 0 Å². The fraction of sp³-hybridized carbons (Fsp3) is 0.500. The van der Waals surface area contributed by atoms with E-state index < -0.39 is 5.97 Å². The summed E-state index contributed by atoms with van der Waals surface area (Å²) in [6.45, 7) is 4.81. The Morgan fingerprint density at radius 1 is 1.06 bits per heavy atom. The Kier molecular flexibility index (Phi) is 7.50. The van der Waals surface area contributed by atoms with Crippen LogP contribution in [0.3, 0.4) is 0 Å². The second kappa shape index (κ2) is 8.38. The van der Waals surface area contributed by atoms with E-state index in [4.69, 9.17) is 14.6 Å². The average molecular weight is 242 g/mol. The van der Waals surface area contributed by atoms with E-state index in [1.165, 1.54) is 0 Å². The first-order valence-corrected chi connectivity index (χ1v) is 5.30. The first-order valence-electron chi connectivity index (χ1n) is 5.30. The number of carbonyl (C=O) groups is 2. The number of hydrogen-bond acceptors (Lipinski definition) is 4. The second-order valence-electron chi connectivity index (χ2n) is 3.42. The first-order chi connectivity index (χ1) is 7.95. The van der Waals surface area contributed by atoms with Gasteiger partial charge in [0, 0.05) is 6.42 Å². The number of rotatable bonds is 8. The minimum absolute atomic E-state index is 0.0283. The highest BCUT2D eigenvalue weighted by Crippen LogP contribution is 2.01. The lowest BCUT2D eigenvalue weighted by Crippen LogP contribution is -2.06. The van der Waals surface area contributed by atoms with Crippen molar-refractivity contribution in [1.82, 2.24) is 0 Å².